The number of hydrogen-bond acceptors (Lipinski definition) is 2. The van der Waals surface area contributed by atoms with Gasteiger partial charge in [0.1, 0.15) is 0 Å². The number of hydrogen-bond donors (Lipinski definition) is 1. The molecule has 2 rings (SSSR count). The molecule has 2 nitrogen and oxygen atoms in total. The molecule has 1 saturated carbocycles. The quantitative estimate of drug-likeness (QED) is 0.832. The van der Waals surface area contributed by atoms with Crippen LogP contribution in [0.4, 0.5) is 0 Å². The molecule has 1 N–H and O–H groups in total. The van der Waals surface area contributed by atoms with Gasteiger partial charge in [-0.05, 0) is 54.8 Å². The van der Waals surface area contributed by atoms with Crippen molar-refractivity contribution in [1.29, 1.82) is 0 Å². The topological polar surface area (TPSA) is 23.5 Å². The predicted molar refractivity (Wildman–Crippen MR) is 85.7 cm³/mol. The number of nitrogens with zero attached hydrogens (tertiary/aromatic N) is 1. The lowest BCUT2D eigenvalue weighted by atomic mass is 9.68. The van der Waals surface area contributed by atoms with Gasteiger partial charge in [0.2, 0.25) is 0 Å². The molecule has 0 aromatic heterocycles. The second kappa shape index (κ2) is 6.36. The molecule has 20 heavy (non-hydrogen) atoms. The fourth-order valence-electron chi connectivity index (χ4n) is 4.50. The second-order valence-electron chi connectivity index (χ2n) is 8.87. The zero-order chi connectivity index (χ0) is 14.9. The summed E-state index contributed by atoms with van der Waals surface area (Å²) in [4.78, 5) is 2.62. The molecule has 118 valence electrons. The highest BCUT2D eigenvalue weighted by Crippen LogP contribution is 2.40. The Morgan fingerprint density at radius 1 is 1.00 bits per heavy atom. The first-order valence-electron chi connectivity index (χ1n) is 8.66. The van der Waals surface area contributed by atoms with Crippen molar-refractivity contribution in [3.8, 4) is 0 Å². The van der Waals surface area contributed by atoms with Crippen LogP contribution in [0.5, 0.6) is 0 Å². The maximum atomic E-state index is 10.4. The first-order chi connectivity index (χ1) is 9.25. The minimum atomic E-state index is -0.0684. The Balaban J connectivity index is 1.93. The van der Waals surface area contributed by atoms with E-state index < -0.39 is 0 Å². The molecule has 1 aliphatic carbocycles. The number of aliphatic hydroxyl groups excluding tert-OH is 1. The van der Waals surface area contributed by atoms with Crippen molar-refractivity contribution in [2.24, 2.45) is 29.1 Å². The standard InChI is InChI=1S/C18H35NO/c1-13-8-14(2)11-19(10-13)12-15-9-16(18(3,4)5)6-7-17(15)20/h13-17,20H,6-12H2,1-5H3. The summed E-state index contributed by atoms with van der Waals surface area (Å²) in [6, 6.07) is 0. The summed E-state index contributed by atoms with van der Waals surface area (Å²) in [7, 11) is 0. The maximum absolute atomic E-state index is 10.4. The molecule has 1 saturated heterocycles. The highest BCUT2D eigenvalue weighted by molar-refractivity contribution is 4.88. The van der Waals surface area contributed by atoms with Crippen LogP contribution in [0.25, 0.3) is 0 Å². The van der Waals surface area contributed by atoms with Gasteiger partial charge in [0, 0.05) is 19.6 Å². The Kier molecular flexibility index (Phi) is 5.18. The van der Waals surface area contributed by atoms with Gasteiger partial charge in [-0.1, -0.05) is 34.6 Å². The van der Waals surface area contributed by atoms with E-state index >= 15 is 0 Å². The molecule has 2 fully saturated rings. The maximum Gasteiger partial charge on any atom is 0.0580 e. The Morgan fingerprint density at radius 2 is 1.60 bits per heavy atom. The number of piperidine rings is 1. The van der Waals surface area contributed by atoms with E-state index in [4.69, 9.17) is 0 Å². The van der Waals surface area contributed by atoms with Crippen LogP contribution in [0.3, 0.4) is 0 Å². The van der Waals surface area contributed by atoms with E-state index in [0.29, 0.717) is 11.3 Å². The van der Waals surface area contributed by atoms with E-state index in [0.717, 1.165) is 30.7 Å². The first-order valence-corrected chi connectivity index (χ1v) is 8.66. The van der Waals surface area contributed by atoms with Gasteiger partial charge in [0.25, 0.3) is 0 Å². The molecule has 0 amide bonds. The van der Waals surface area contributed by atoms with Gasteiger partial charge in [0.15, 0.2) is 0 Å². The summed E-state index contributed by atoms with van der Waals surface area (Å²) in [6.45, 7) is 15.4. The van der Waals surface area contributed by atoms with E-state index in [1.54, 1.807) is 0 Å². The zero-order valence-electron chi connectivity index (χ0n) is 14.2. The van der Waals surface area contributed by atoms with E-state index in [1.165, 1.54) is 32.4 Å². The van der Waals surface area contributed by atoms with Crippen LogP contribution in [0, 0.1) is 29.1 Å². The molecule has 1 heterocycles. The van der Waals surface area contributed by atoms with Gasteiger partial charge in [-0.15, -0.1) is 0 Å². The molecule has 5 atom stereocenters. The van der Waals surface area contributed by atoms with Gasteiger partial charge in [-0.25, -0.2) is 0 Å². The monoisotopic (exact) mass is 281 g/mol. The van der Waals surface area contributed by atoms with Gasteiger partial charge >= 0.3 is 0 Å². The third kappa shape index (κ3) is 4.21. The van der Waals surface area contributed by atoms with Gasteiger partial charge < -0.3 is 10.0 Å². The number of aliphatic hydroxyl groups is 1. The third-order valence-corrected chi connectivity index (χ3v) is 5.60. The van der Waals surface area contributed by atoms with Gasteiger partial charge in [-0.3, -0.25) is 0 Å². The van der Waals surface area contributed by atoms with Crippen LogP contribution in [0.1, 0.15) is 60.3 Å². The minimum absolute atomic E-state index is 0.0684. The molecule has 1 aliphatic heterocycles. The minimum Gasteiger partial charge on any atom is -0.393 e. The van der Waals surface area contributed by atoms with Crippen LogP contribution < -0.4 is 0 Å². The van der Waals surface area contributed by atoms with Crippen LogP contribution >= 0.6 is 0 Å². The summed E-state index contributed by atoms with van der Waals surface area (Å²) in [5, 5.41) is 10.4. The van der Waals surface area contributed by atoms with Crippen LogP contribution in [0.15, 0.2) is 0 Å². The second-order valence-corrected chi connectivity index (χ2v) is 8.87. The summed E-state index contributed by atoms with van der Waals surface area (Å²) in [6.07, 6.45) is 4.72. The van der Waals surface area contributed by atoms with Crippen LogP contribution in [-0.2, 0) is 0 Å². The lowest BCUT2D eigenvalue weighted by molar-refractivity contribution is -0.00601. The SMILES string of the molecule is CC1CC(C)CN(CC2CC(C(C)(C)C)CCC2O)C1. The van der Waals surface area contributed by atoms with E-state index in [2.05, 4.69) is 39.5 Å². The Labute approximate surface area is 125 Å². The molecule has 0 bridgehead atoms. The molecular formula is C18H35NO. The van der Waals surface area contributed by atoms with E-state index in [1.807, 2.05) is 0 Å². The number of rotatable bonds is 2. The van der Waals surface area contributed by atoms with Crippen molar-refractivity contribution >= 4 is 0 Å². The predicted octanol–water partition coefficient (Wildman–Crippen LogP) is 3.79. The van der Waals surface area contributed by atoms with Crippen molar-refractivity contribution < 1.29 is 5.11 Å². The van der Waals surface area contributed by atoms with Crippen LogP contribution in [-0.4, -0.2) is 35.7 Å². The summed E-state index contributed by atoms with van der Waals surface area (Å²) < 4.78 is 0. The normalized spacial score (nSPS) is 40.8. The molecule has 0 aromatic carbocycles. The lowest BCUT2D eigenvalue weighted by Gasteiger charge is -2.43. The average Bonchev–Trinajstić information content (AvgIpc) is 2.29. The summed E-state index contributed by atoms with van der Waals surface area (Å²) in [5.74, 6) is 2.90. The molecule has 0 spiro atoms. The lowest BCUT2D eigenvalue weighted by Crippen LogP contribution is -2.46. The smallest absolute Gasteiger partial charge is 0.0580 e. The Morgan fingerprint density at radius 3 is 2.15 bits per heavy atom. The van der Waals surface area contributed by atoms with Crippen molar-refractivity contribution in [1.82, 2.24) is 4.90 Å². The fourth-order valence-corrected chi connectivity index (χ4v) is 4.50. The summed E-state index contributed by atoms with van der Waals surface area (Å²) >= 11 is 0. The average molecular weight is 281 g/mol. The fraction of sp³-hybridized carbons (Fsp3) is 1.00. The largest absolute Gasteiger partial charge is 0.393 e. The molecule has 2 heteroatoms. The highest BCUT2D eigenvalue weighted by Gasteiger charge is 2.36. The van der Waals surface area contributed by atoms with Crippen LogP contribution in [0.2, 0.25) is 0 Å². The Bertz CT molecular complexity index is 299. The van der Waals surface area contributed by atoms with Crippen molar-refractivity contribution in [3.05, 3.63) is 0 Å². The first kappa shape index (κ1) is 16.3. The molecule has 5 unspecified atom stereocenters. The van der Waals surface area contributed by atoms with Crippen molar-refractivity contribution in [2.45, 2.75) is 66.4 Å². The summed E-state index contributed by atoms with van der Waals surface area (Å²) in [5.41, 5.74) is 0.390. The third-order valence-electron chi connectivity index (χ3n) is 5.60. The Hall–Kier alpha value is -0.0800. The molecule has 0 aromatic rings. The molecular weight excluding hydrogens is 246 g/mol. The van der Waals surface area contributed by atoms with Crippen molar-refractivity contribution in [2.75, 3.05) is 19.6 Å². The van der Waals surface area contributed by atoms with E-state index in [-0.39, 0.29) is 6.10 Å². The van der Waals surface area contributed by atoms with Gasteiger partial charge in [-0.2, -0.15) is 0 Å². The van der Waals surface area contributed by atoms with Crippen molar-refractivity contribution in [3.63, 3.8) is 0 Å². The van der Waals surface area contributed by atoms with E-state index in [9.17, 15) is 5.11 Å². The highest BCUT2D eigenvalue weighted by atomic mass is 16.3. The zero-order valence-corrected chi connectivity index (χ0v) is 14.2. The van der Waals surface area contributed by atoms with Gasteiger partial charge in [0.05, 0.1) is 6.10 Å². The molecule has 2 aliphatic rings. The number of likely N-dealkylation sites (tertiary alicyclic amines) is 1. The molecule has 0 radical (unpaired) electrons.